The number of piperazine rings is 1. The Kier molecular flexibility index (Phi) is 7.85. The van der Waals surface area contributed by atoms with Crippen LogP contribution in [0.4, 0.5) is 5.69 Å². The van der Waals surface area contributed by atoms with Gasteiger partial charge in [0.25, 0.3) is 5.56 Å². The molecule has 1 fully saturated rings. The van der Waals surface area contributed by atoms with E-state index < -0.39 is 10.0 Å². The highest BCUT2D eigenvalue weighted by atomic mass is 32.2. The molecule has 3 aromatic rings. The largest absolute Gasteiger partial charge is 0.465 e. The molecule has 0 bridgehead atoms. The first-order valence-electron chi connectivity index (χ1n) is 13.1. The summed E-state index contributed by atoms with van der Waals surface area (Å²) in [6.45, 7) is 6.58. The normalized spacial score (nSPS) is 16.9. The molecule has 1 amide bonds. The second-order valence-corrected chi connectivity index (χ2v) is 12.6. The number of sulfonamides is 1. The molecule has 0 saturated carbocycles. The van der Waals surface area contributed by atoms with Crippen molar-refractivity contribution in [2.24, 2.45) is 0 Å². The fourth-order valence-corrected chi connectivity index (χ4v) is 7.82. The molecule has 1 aliphatic heterocycles. The Balaban J connectivity index is 1.26. The van der Waals surface area contributed by atoms with Crippen molar-refractivity contribution in [1.82, 2.24) is 18.8 Å². The number of rotatable bonds is 8. The number of anilines is 1. The topological polar surface area (TPSA) is 114 Å². The minimum Gasteiger partial charge on any atom is -0.465 e. The number of thiophene rings is 1. The van der Waals surface area contributed by atoms with Crippen LogP contribution in [0.1, 0.15) is 37.1 Å². The first-order valence-corrected chi connectivity index (χ1v) is 15.3. The van der Waals surface area contributed by atoms with Crippen molar-refractivity contribution >= 4 is 43.2 Å². The van der Waals surface area contributed by atoms with Gasteiger partial charge in [-0.2, -0.15) is 9.29 Å². The average Bonchev–Trinajstić information content (AvgIpc) is 3.27. The Bertz CT molecular complexity index is 1490. The standard InChI is InChI=1S/C26H33N5O5S2/c1-3-36-26-28-24-23(21-6-4-5-7-22(21)37-24)25(33)31(26)17-14-29-12-15-30(16-13-29)38(34,35)20-10-8-19(9-11-20)27-18(2)32/h8-11H,3-7,12-17H2,1-2H3,(H,27,32). The number of carbonyl (C=O) groups excluding carboxylic acids is 1. The van der Waals surface area contributed by atoms with Crippen LogP contribution in [0.5, 0.6) is 6.01 Å². The molecular weight excluding hydrogens is 526 g/mol. The predicted molar refractivity (Wildman–Crippen MR) is 148 cm³/mol. The van der Waals surface area contributed by atoms with E-state index in [0.29, 0.717) is 57.6 Å². The van der Waals surface area contributed by atoms with Gasteiger partial charge in [-0.1, -0.05) is 0 Å². The first-order chi connectivity index (χ1) is 18.3. The summed E-state index contributed by atoms with van der Waals surface area (Å²) in [6, 6.07) is 6.57. The van der Waals surface area contributed by atoms with E-state index in [1.807, 2.05) is 6.92 Å². The predicted octanol–water partition coefficient (Wildman–Crippen LogP) is 2.70. The minimum absolute atomic E-state index is 0.0400. The Morgan fingerprint density at radius 2 is 1.79 bits per heavy atom. The van der Waals surface area contributed by atoms with Gasteiger partial charge in [0.1, 0.15) is 4.83 Å². The summed E-state index contributed by atoms with van der Waals surface area (Å²) in [5.41, 5.74) is 1.68. The third kappa shape index (κ3) is 5.35. The van der Waals surface area contributed by atoms with Crippen LogP contribution in [0.25, 0.3) is 10.2 Å². The molecule has 0 atom stereocenters. The smallest absolute Gasteiger partial charge is 0.300 e. The summed E-state index contributed by atoms with van der Waals surface area (Å²) < 4.78 is 35.2. The Labute approximate surface area is 226 Å². The maximum absolute atomic E-state index is 13.6. The number of benzene rings is 1. The molecule has 0 unspecified atom stereocenters. The van der Waals surface area contributed by atoms with Gasteiger partial charge in [0.2, 0.25) is 15.9 Å². The Hall–Kier alpha value is -2.80. The van der Waals surface area contributed by atoms with E-state index in [1.54, 1.807) is 28.0 Å². The van der Waals surface area contributed by atoms with Gasteiger partial charge < -0.3 is 10.1 Å². The van der Waals surface area contributed by atoms with Gasteiger partial charge in [-0.15, -0.1) is 11.3 Å². The summed E-state index contributed by atoms with van der Waals surface area (Å²) in [5, 5.41) is 3.39. The molecule has 1 N–H and O–H groups in total. The zero-order valence-corrected chi connectivity index (χ0v) is 23.4. The number of carbonyl (C=O) groups is 1. The van der Waals surface area contributed by atoms with Crippen LogP contribution in [0.15, 0.2) is 34.0 Å². The van der Waals surface area contributed by atoms with Crippen molar-refractivity contribution in [3.05, 3.63) is 45.1 Å². The fourth-order valence-electron chi connectivity index (χ4n) is 5.15. The number of fused-ring (bicyclic) bond motifs is 3. The van der Waals surface area contributed by atoms with Crippen LogP contribution in [-0.4, -0.2) is 72.4 Å². The van der Waals surface area contributed by atoms with Crippen molar-refractivity contribution in [2.45, 2.75) is 51.0 Å². The van der Waals surface area contributed by atoms with Crippen molar-refractivity contribution in [3.63, 3.8) is 0 Å². The van der Waals surface area contributed by atoms with Gasteiger partial charge in [-0.25, -0.2) is 8.42 Å². The molecule has 2 aliphatic rings. The van der Waals surface area contributed by atoms with Crippen molar-refractivity contribution in [3.8, 4) is 6.01 Å². The number of ether oxygens (including phenoxy) is 1. The molecule has 1 aliphatic carbocycles. The average molecular weight is 560 g/mol. The summed E-state index contributed by atoms with van der Waals surface area (Å²) in [6.07, 6.45) is 4.17. The van der Waals surface area contributed by atoms with Gasteiger partial charge in [-0.3, -0.25) is 19.1 Å². The van der Waals surface area contributed by atoms with Crippen LogP contribution in [0.2, 0.25) is 0 Å². The van der Waals surface area contributed by atoms with E-state index >= 15 is 0 Å². The maximum Gasteiger partial charge on any atom is 0.300 e. The third-order valence-electron chi connectivity index (χ3n) is 7.10. The monoisotopic (exact) mass is 559 g/mol. The second-order valence-electron chi connectivity index (χ2n) is 9.63. The van der Waals surface area contributed by atoms with Gasteiger partial charge >= 0.3 is 6.01 Å². The number of aromatic nitrogens is 2. The molecule has 38 heavy (non-hydrogen) atoms. The highest BCUT2D eigenvalue weighted by Gasteiger charge is 2.29. The molecular formula is C26H33N5O5S2. The molecule has 10 nitrogen and oxygen atoms in total. The second kappa shape index (κ2) is 11.1. The van der Waals surface area contributed by atoms with E-state index in [2.05, 4.69) is 10.2 Å². The fraction of sp³-hybridized carbons (Fsp3) is 0.500. The minimum atomic E-state index is -3.64. The number of amides is 1. The van der Waals surface area contributed by atoms with Crippen molar-refractivity contribution < 1.29 is 17.9 Å². The summed E-state index contributed by atoms with van der Waals surface area (Å²) in [5.74, 6) is -0.210. The van der Waals surface area contributed by atoms with Gasteiger partial charge in [0.15, 0.2) is 0 Å². The number of nitrogens with zero attached hydrogens (tertiary/aromatic N) is 4. The molecule has 1 aromatic carbocycles. The van der Waals surface area contributed by atoms with Gasteiger partial charge in [0, 0.05) is 56.8 Å². The Morgan fingerprint density at radius 3 is 2.47 bits per heavy atom. The lowest BCUT2D eigenvalue weighted by Crippen LogP contribution is -2.49. The molecule has 0 spiro atoms. The number of hydrogen-bond donors (Lipinski definition) is 1. The molecule has 1 saturated heterocycles. The quantitative estimate of drug-likeness (QED) is 0.451. The summed E-state index contributed by atoms with van der Waals surface area (Å²) >= 11 is 1.62. The van der Waals surface area contributed by atoms with Crippen LogP contribution in [-0.2, 0) is 34.2 Å². The molecule has 2 aromatic heterocycles. The van der Waals surface area contributed by atoms with E-state index in [9.17, 15) is 18.0 Å². The molecule has 3 heterocycles. The summed E-state index contributed by atoms with van der Waals surface area (Å²) in [7, 11) is -3.64. The van der Waals surface area contributed by atoms with Crippen LogP contribution in [0, 0.1) is 0 Å². The van der Waals surface area contributed by atoms with E-state index in [-0.39, 0.29) is 16.4 Å². The highest BCUT2D eigenvalue weighted by Crippen LogP contribution is 2.34. The maximum atomic E-state index is 13.6. The first kappa shape index (κ1) is 26.8. The van der Waals surface area contributed by atoms with Crippen molar-refractivity contribution in [1.29, 1.82) is 0 Å². The van der Waals surface area contributed by atoms with Gasteiger partial charge in [-0.05, 0) is 62.4 Å². The number of nitrogens with one attached hydrogen (secondary N) is 1. The lowest BCUT2D eigenvalue weighted by atomic mass is 9.97. The van der Waals surface area contributed by atoms with Crippen LogP contribution >= 0.6 is 11.3 Å². The van der Waals surface area contributed by atoms with Gasteiger partial charge in [0.05, 0.1) is 16.9 Å². The lowest BCUT2D eigenvalue weighted by Gasteiger charge is -2.34. The van der Waals surface area contributed by atoms with E-state index in [1.165, 1.54) is 28.2 Å². The zero-order valence-electron chi connectivity index (χ0n) is 21.7. The van der Waals surface area contributed by atoms with E-state index in [0.717, 1.165) is 41.5 Å². The van der Waals surface area contributed by atoms with Crippen LogP contribution in [0.3, 0.4) is 0 Å². The highest BCUT2D eigenvalue weighted by molar-refractivity contribution is 7.89. The Morgan fingerprint density at radius 1 is 1.08 bits per heavy atom. The van der Waals surface area contributed by atoms with E-state index in [4.69, 9.17) is 9.72 Å². The molecule has 204 valence electrons. The number of hydrogen-bond acceptors (Lipinski definition) is 8. The SMILES string of the molecule is CCOc1nc2sc3c(c2c(=O)n1CCN1CCN(S(=O)(=O)c2ccc(NC(C)=O)cc2)CC1)CCCC3. The van der Waals surface area contributed by atoms with Crippen molar-refractivity contribution in [2.75, 3.05) is 44.6 Å². The molecule has 0 radical (unpaired) electrons. The molecule has 12 heteroatoms. The third-order valence-corrected chi connectivity index (χ3v) is 10.2. The zero-order chi connectivity index (χ0) is 26.9. The lowest BCUT2D eigenvalue weighted by molar-refractivity contribution is -0.114. The van der Waals surface area contributed by atoms with Crippen LogP contribution < -0.4 is 15.6 Å². The summed E-state index contributed by atoms with van der Waals surface area (Å²) in [4.78, 5) is 33.9. The molecule has 5 rings (SSSR count). The number of aryl methyl sites for hydroxylation is 2.